The quantitative estimate of drug-likeness (QED) is 0.686. The van der Waals surface area contributed by atoms with Crippen molar-refractivity contribution in [3.63, 3.8) is 0 Å². The summed E-state index contributed by atoms with van der Waals surface area (Å²) in [6, 6.07) is 10.8. The molecule has 1 aliphatic rings. The predicted molar refractivity (Wildman–Crippen MR) is 101 cm³/mol. The lowest BCUT2D eigenvalue weighted by molar-refractivity contribution is 0.241. The van der Waals surface area contributed by atoms with Crippen LogP contribution in [0.2, 0.25) is 0 Å². The lowest BCUT2D eigenvalue weighted by atomic mass is 10.1. The van der Waals surface area contributed by atoms with Crippen LogP contribution in [0.15, 0.2) is 40.8 Å². The molecule has 0 spiro atoms. The molecule has 142 valence electrons. The zero-order chi connectivity index (χ0) is 18.8. The minimum atomic E-state index is -0.317. The maximum atomic E-state index is 13.3. The van der Waals surface area contributed by atoms with E-state index in [-0.39, 0.29) is 5.82 Å². The normalized spacial score (nSPS) is 15.3. The molecule has 0 aliphatic carbocycles. The van der Waals surface area contributed by atoms with Crippen molar-refractivity contribution in [3.05, 3.63) is 47.8 Å². The summed E-state index contributed by atoms with van der Waals surface area (Å²) in [5, 5.41) is 0. The largest absolute Gasteiger partial charge is 0.497 e. The van der Waals surface area contributed by atoms with E-state index in [0.29, 0.717) is 17.1 Å². The summed E-state index contributed by atoms with van der Waals surface area (Å²) in [7, 11) is 3.34. The Morgan fingerprint density at radius 1 is 1.04 bits per heavy atom. The molecule has 4 rings (SSSR count). The van der Waals surface area contributed by atoms with Gasteiger partial charge >= 0.3 is 0 Å². The summed E-state index contributed by atoms with van der Waals surface area (Å²) in [6.45, 7) is 4.11. The van der Waals surface area contributed by atoms with Gasteiger partial charge in [-0.2, -0.15) is 4.98 Å². The number of piperazine rings is 1. The van der Waals surface area contributed by atoms with Gasteiger partial charge in [-0.25, -0.2) is 4.39 Å². The molecule has 6 nitrogen and oxygen atoms in total. The predicted octanol–water partition coefficient (Wildman–Crippen LogP) is 3.31. The van der Waals surface area contributed by atoms with E-state index in [0.717, 1.165) is 49.8 Å². The third-order valence-electron chi connectivity index (χ3n) is 4.86. The average molecular weight is 371 g/mol. The number of aromatic nitrogens is 1. The van der Waals surface area contributed by atoms with E-state index in [1.54, 1.807) is 20.3 Å². The topological polar surface area (TPSA) is 51.0 Å². The number of hydrogen-bond acceptors (Lipinski definition) is 6. The molecule has 1 aliphatic heterocycles. The highest BCUT2D eigenvalue weighted by Crippen LogP contribution is 2.27. The molecule has 0 unspecified atom stereocenters. The van der Waals surface area contributed by atoms with Crippen LogP contribution in [0.4, 0.5) is 10.4 Å². The van der Waals surface area contributed by atoms with Crippen LogP contribution >= 0.6 is 0 Å². The van der Waals surface area contributed by atoms with Crippen LogP contribution in [0, 0.1) is 5.82 Å². The van der Waals surface area contributed by atoms with Gasteiger partial charge < -0.3 is 18.8 Å². The Morgan fingerprint density at radius 3 is 2.59 bits per heavy atom. The highest BCUT2D eigenvalue weighted by molar-refractivity contribution is 5.74. The van der Waals surface area contributed by atoms with Crippen LogP contribution in [0.5, 0.6) is 11.5 Å². The molecular formula is C20H22FN3O3. The fraction of sp³-hybridized carbons (Fsp3) is 0.350. The highest BCUT2D eigenvalue weighted by atomic mass is 19.1. The summed E-state index contributed by atoms with van der Waals surface area (Å²) in [6.07, 6.45) is 0. The maximum absolute atomic E-state index is 13.3. The maximum Gasteiger partial charge on any atom is 0.298 e. The molecule has 7 heteroatoms. The fourth-order valence-electron chi connectivity index (χ4n) is 3.37. The molecule has 1 fully saturated rings. The number of ether oxygens (including phenoxy) is 2. The number of rotatable bonds is 5. The van der Waals surface area contributed by atoms with Crippen LogP contribution in [0.1, 0.15) is 5.56 Å². The molecule has 1 aromatic heterocycles. The van der Waals surface area contributed by atoms with Crippen molar-refractivity contribution < 1.29 is 18.3 Å². The molecular weight excluding hydrogens is 349 g/mol. The standard InChI is InChI=1S/C20H22FN3O3/c1-25-16-4-6-18(26-2)14(11-16)13-23-7-9-24(10-8-23)20-22-17-5-3-15(21)12-19(17)27-20/h3-6,11-12H,7-10,13H2,1-2H3. The van der Waals surface area contributed by atoms with Gasteiger partial charge in [0.2, 0.25) is 0 Å². The third kappa shape index (κ3) is 3.68. The monoisotopic (exact) mass is 371 g/mol. The minimum Gasteiger partial charge on any atom is -0.497 e. The zero-order valence-electron chi connectivity index (χ0n) is 15.4. The van der Waals surface area contributed by atoms with Crippen molar-refractivity contribution in [2.24, 2.45) is 0 Å². The van der Waals surface area contributed by atoms with Gasteiger partial charge in [0.1, 0.15) is 22.8 Å². The number of halogens is 1. The number of hydrogen-bond donors (Lipinski definition) is 0. The molecule has 2 heterocycles. The number of benzene rings is 2. The Bertz CT molecular complexity index is 935. The first-order valence-electron chi connectivity index (χ1n) is 8.90. The van der Waals surface area contributed by atoms with Gasteiger partial charge in [-0.3, -0.25) is 4.90 Å². The van der Waals surface area contributed by atoms with Crippen LogP contribution in [0.25, 0.3) is 11.1 Å². The van der Waals surface area contributed by atoms with E-state index >= 15 is 0 Å². The fourth-order valence-corrected chi connectivity index (χ4v) is 3.37. The van der Waals surface area contributed by atoms with Gasteiger partial charge in [-0.1, -0.05) is 0 Å². The van der Waals surface area contributed by atoms with Gasteiger partial charge in [0.25, 0.3) is 6.01 Å². The average Bonchev–Trinajstić information content (AvgIpc) is 3.11. The van der Waals surface area contributed by atoms with E-state index < -0.39 is 0 Å². The van der Waals surface area contributed by atoms with Crippen LogP contribution in [-0.4, -0.2) is 50.3 Å². The van der Waals surface area contributed by atoms with E-state index in [1.807, 2.05) is 18.2 Å². The molecule has 2 aromatic carbocycles. The van der Waals surface area contributed by atoms with E-state index in [1.165, 1.54) is 12.1 Å². The first-order valence-corrected chi connectivity index (χ1v) is 8.90. The number of oxazole rings is 1. The zero-order valence-corrected chi connectivity index (χ0v) is 15.4. The van der Waals surface area contributed by atoms with Gasteiger partial charge in [-0.05, 0) is 30.3 Å². The summed E-state index contributed by atoms with van der Waals surface area (Å²) in [5.41, 5.74) is 2.26. The molecule has 0 saturated carbocycles. The molecule has 1 saturated heterocycles. The van der Waals surface area contributed by atoms with Crippen LogP contribution in [0.3, 0.4) is 0 Å². The summed E-state index contributed by atoms with van der Waals surface area (Å²) < 4.78 is 29.9. The second-order valence-electron chi connectivity index (χ2n) is 6.55. The Hall–Kier alpha value is -2.80. The number of methoxy groups -OCH3 is 2. The lowest BCUT2D eigenvalue weighted by Crippen LogP contribution is -2.46. The summed E-state index contributed by atoms with van der Waals surface area (Å²) in [4.78, 5) is 8.93. The second kappa shape index (κ2) is 7.44. The number of anilines is 1. The number of nitrogens with zero attached hydrogens (tertiary/aromatic N) is 3. The first kappa shape index (κ1) is 17.6. The minimum absolute atomic E-state index is 0.317. The smallest absolute Gasteiger partial charge is 0.298 e. The van der Waals surface area contributed by atoms with Gasteiger partial charge in [0, 0.05) is 44.4 Å². The first-order chi connectivity index (χ1) is 13.2. The molecule has 0 N–H and O–H groups in total. The van der Waals surface area contributed by atoms with Crippen molar-refractivity contribution >= 4 is 17.1 Å². The Kier molecular flexibility index (Phi) is 4.85. The molecule has 0 bridgehead atoms. The molecule has 0 atom stereocenters. The van der Waals surface area contributed by atoms with Gasteiger partial charge in [0.05, 0.1) is 14.2 Å². The van der Waals surface area contributed by atoms with Crippen molar-refractivity contribution in [3.8, 4) is 11.5 Å². The Morgan fingerprint density at radius 2 is 1.85 bits per heavy atom. The molecule has 0 radical (unpaired) electrons. The van der Waals surface area contributed by atoms with E-state index in [2.05, 4.69) is 14.8 Å². The molecule has 0 amide bonds. The van der Waals surface area contributed by atoms with Crippen LogP contribution in [-0.2, 0) is 6.54 Å². The second-order valence-corrected chi connectivity index (χ2v) is 6.55. The van der Waals surface area contributed by atoms with Crippen molar-refractivity contribution in [2.45, 2.75) is 6.54 Å². The Labute approximate surface area is 157 Å². The van der Waals surface area contributed by atoms with Gasteiger partial charge in [0.15, 0.2) is 5.58 Å². The summed E-state index contributed by atoms with van der Waals surface area (Å²) in [5.74, 6) is 1.37. The SMILES string of the molecule is COc1ccc(OC)c(CN2CCN(c3nc4ccc(F)cc4o3)CC2)c1. The molecule has 3 aromatic rings. The van der Waals surface area contributed by atoms with Crippen molar-refractivity contribution in [1.82, 2.24) is 9.88 Å². The highest BCUT2D eigenvalue weighted by Gasteiger charge is 2.22. The van der Waals surface area contributed by atoms with Gasteiger partial charge in [-0.15, -0.1) is 0 Å². The third-order valence-corrected chi connectivity index (χ3v) is 4.86. The van der Waals surface area contributed by atoms with Crippen molar-refractivity contribution in [1.29, 1.82) is 0 Å². The van der Waals surface area contributed by atoms with Crippen molar-refractivity contribution in [2.75, 3.05) is 45.3 Å². The van der Waals surface area contributed by atoms with E-state index in [4.69, 9.17) is 13.9 Å². The lowest BCUT2D eigenvalue weighted by Gasteiger charge is -2.34. The van der Waals surface area contributed by atoms with Crippen LogP contribution < -0.4 is 14.4 Å². The number of fused-ring (bicyclic) bond motifs is 1. The summed E-state index contributed by atoms with van der Waals surface area (Å²) >= 11 is 0. The van der Waals surface area contributed by atoms with E-state index in [9.17, 15) is 4.39 Å². The Balaban J connectivity index is 1.43. The molecule has 27 heavy (non-hydrogen) atoms.